The van der Waals surface area contributed by atoms with E-state index in [1.54, 1.807) is 0 Å². The molecule has 0 heterocycles. The van der Waals surface area contributed by atoms with Crippen LogP contribution in [0.1, 0.15) is 12.0 Å². The molecule has 1 rings (SSSR count). The molecule has 0 saturated carbocycles. The molecule has 0 spiro atoms. The number of carboxylic acids is 2. The first-order valence-electron chi connectivity index (χ1n) is 5.30. The lowest BCUT2D eigenvalue weighted by Gasteiger charge is -2.23. The van der Waals surface area contributed by atoms with Crippen LogP contribution in [0.15, 0.2) is 24.3 Å². The maximum Gasteiger partial charge on any atom is 0.327 e. The molecule has 19 heavy (non-hydrogen) atoms. The summed E-state index contributed by atoms with van der Waals surface area (Å²) in [5.74, 6) is -4.70. The molecule has 0 amide bonds. The zero-order valence-corrected chi connectivity index (χ0v) is 9.65. The quantitative estimate of drug-likeness (QED) is 0.781. The lowest BCUT2D eigenvalue weighted by atomic mass is 9.82. The van der Waals surface area contributed by atoms with E-state index >= 15 is 0 Å². The van der Waals surface area contributed by atoms with Gasteiger partial charge in [-0.3, -0.25) is 9.59 Å². The van der Waals surface area contributed by atoms with Gasteiger partial charge >= 0.3 is 11.9 Å². The molecule has 1 aromatic rings. The zero-order valence-electron chi connectivity index (χ0n) is 9.65. The molecule has 7 heteroatoms. The number of carboxylic acid groups (broad SMARTS) is 2. The lowest BCUT2D eigenvalue weighted by molar-refractivity contribution is -0.177. The molecule has 0 aliphatic carbocycles. The van der Waals surface area contributed by atoms with E-state index in [2.05, 4.69) is 0 Å². The highest BCUT2D eigenvalue weighted by atomic mass is 19.3. The minimum atomic E-state index is -3.54. The Morgan fingerprint density at radius 3 is 1.95 bits per heavy atom. The molecule has 0 aliphatic rings. The molecule has 0 unspecified atom stereocenters. The Kier molecular flexibility index (Phi) is 4.52. The van der Waals surface area contributed by atoms with Gasteiger partial charge < -0.3 is 10.2 Å². The van der Waals surface area contributed by atoms with Crippen molar-refractivity contribution < 1.29 is 33.0 Å². The number of carbonyl (C=O) groups is 2. The number of hydrogen-bond donors (Lipinski definition) is 2. The second-order valence-electron chi connectivity index (χ2n) is 4.01. The van der Waals surface area contributed by atoms with Crippen molar-refractivity contribution in [3.63, 3.8) is 0 Å². The van der Waals surface area contributed by atoms with Crippen molar-refractivity contribution in [3.05, 3.63) is 35.6 Å². The van der Waals surface area contributed by atoms with Crippen LogP contribution in [0.5, 0.6) is 0 Å². The molecule has 2 N–H and O–H groups in total. The van der Waals surface area contributed by atoms with Crippen molar-refractivity contribution in [3.8, 4) is 0 Å². The van der Waals surface area contributed by atoms with Gasteiger partial charge in [-0.05, 0) is 30.5 Å². The van der Waals surface area contributed by atoms with Crippen LogP contribution in [0, 0.1) is 11.2 Å². The summed E-state index contributed by atoms with van der Waals surface area (Å²) >= 11 is 0. The van der Waals surface area contributed by atoms with Gasteiger partial charge in [0.1, 0.15) is 5.82 Å². The summed E-state index contributed by atoms with van der Waals surface area (Å²) in [4.78, 5) is 21.7. The first-order valence-corrected chi connectivity index (χ1v) is 5.30. The number of aliphatic carboxylic acids is 2. The lowest BCUT2D eigenvalue weighted by Crippen LogP contribution is -2.46. The molecule has 0 atom stereocenters. The summed E-state index contributed by atoms with van der Waals surface area (Å²) in [6, 6.07) is 4.74. The van der Waals surface area contributed by atoms with Gasteiger partial charge in [0.25, 0.3) is 6.43 Å². The summed E-state index contributed by atoms with van der Waals surface area (Å²) in [6.07, 6.45) is -4.52. The largest absolute Gasteiger partial charge is 0.480 e. The Hall–Kier alpha value is -2.05. The van der Waals surface area contributed by atoms with E-state index in [-0.39, 0.29) is 6.42 Å². The van der Waals surface area contributed by atoms with E-state index in [4.69, 9.17) is 10.2 Å². The van der Waals surface area contributed by atoms with Crippen molar-refractivity contribution in [2.75, 3.05) is 0 Å². The summed E-state index contributed by atoms with van der Waals surface area (Å²) in [5, 5.41) is 17.5. The standard InChI is InChI=1S/C12H11F3O4/c13-8-3-1-7(2-4-8)5-6-12(9(14)15,10(16)17)11(18)19/h1-4,9H,5-6H2,(H,16,17)(H,18,19). The normalized spacial score (nSPS) is 11.6. The summed E-state index contributed by atoms with van der Waals surface area (Å²) in [7, 11) is 0. The smallest absolute Gasteiger partial charge is 0.327 e. The SMILES string of the molecule is O=C(O)C(CCc1ccc(F)cc1)(C(=O)O)C(F)F. The molecule has 0 saturated heterocycles. The van der Waals surface area contributed by atoms with Crippen molar-refractivity contribution in [1.29, 1.82) is 0 Å². The molecule has 1 aromatic carbocycles. The number of halogens is 3. The highest BCUT2D eigenvalue weighted by Gasteiger charge is 2.54. The Bertz CT molecular complexity index is 456. The fraction of sp³-hybridized carbons (Fsp3) is 0.333. The van der Waals surface area contributed by atoms with Gasteiger partial charge in [0.2, 0.25) is 5.41 Å². The van der Waals surface area contributed by atoms with Crippen LogP contribution in [-0.4, -0.2) is 28.6 Å². The minimum absolute atomic E-state index is 0.205. The maximum atomic E-state index is 12.8. The maximum absolute atomic E-state index is 12.8. The predicted molar refractivity (Wildman–Crippen MR) is 58.4 cm³/mol. The fourth-order valence-electron chi connectivity index (χ4n) is 1.59. The molecule has 0 radical (unpaired) electrons. The third-order valence-electron chi connectivity index (χ3n) is 2.86. The Labute approximate surface area is 106 Å². The summed E-state index contributed by atoms with van der Waals surface area (Å²) < 4.78 is 38.2. The van der Waals surface area contributed by atoms with Crippen LogP contribution >= 0.6 is 0 Å². The molecule has 0 aliphatic heterocycles. The molecular formula is C12H11F3O4. The Morgan fingerprint density at radius 1 is 1.11 bits per heavy atom. The second-order valence-corrected chi connectivity index (χ2v) is 4.01. The van der Waals surface area contributed by atoms with Gasteiger partial charge in [-0.15, -0.1) is 0 Å². The topological polar surface area (TPSA) is 74.6 Å². The third kappa shape index (κ3) is 3.04. The molecule has 0 bridgehead atoms. The predicted octanol–water partition coefficient (Wildman–Crippen LogP) is 2.18. The van der Waals surface area contributed by atoms with E-state index in [1.165, 1.54) is 12.1 Å². The van der Waals surface area contributed by atoms with Crippen molar-refractivity contribution in [2.45, 2.75) is 19.3 Å². The second kappa shape index (κ2) is 5.73. The van der Waals surface area contributed by atoms with E-state index in [9.17, 15) is 22.8 Å². The average Bonchev–Trinajstić information content (AvgIpc) is 2.30. The van der Waals surface area contributed by atoms with Crippen molar-refractivity contribution in [1.82, 2.24) is 0 Å². The third-order valence-corrected chi connectivity index (χ3v) is 2.86. The highest BCUT2D eigenvalue weighted by molar-refractivity contribution is 5.98. The van der Waals surface area contributed by atoms with E-state index in [0.717, 1.165) is 12.1 Å². The number of rotatable bonds is 6. The van der Waals surface area contributed by atoms with Crippen molar-refractivity contribution >= 4 is 11.9 Å². The van der Waals surface area contributed by atoms with Gasteiger partial charge in [0.05, 0.1) is 0 Å². The van der Waals surface area contributed by atoms with Gasteiger partial charge in [0.15, 0.2) is 0 Å². The van der Waals surface area contributed by atoms with Gasteiger partial charge in [-0.25, -0.2) is 13.2 Å². The van der Waals surface area contributed by atoms with Gasteiger partial charge in [-0.2, -0.15) is 0 Å². The highest BCUT2D eigenvalue weighted by Crippen LogP contribution is 2.32. The van der Waals surface area contributed by atoms with Crippen molar-refractivity contribution in [2.24, 2.45) is 5.41 Å². The summed E-state index contributed by atoms with van der Waals surface area (Å²) in [5.41, 5.74) is -2.76. The first kappa shape index (κ1) is 15.0. The molecular weight excluding hydrogens is 265 g/mol. The molecule has 104 valence electrons. The monoisotopic (exact) mass is 276 g/mol. The molecule has 4 nitrogen and oxygen atoms in total. The zero-order chi connectivity index (χ0) is 14.6. The number of alkyl halides is 2. The minimum Gasteiger partial charge on any atom is -0.480 e. The van der Waals surface area contributed by atoms with Crippen LogP contribution in [-0.2, 0) is 16.0 Å². The van der Waals surface area contributed by atoms with Crippen LogP contribution < -0.4 is 0 Å². The molecule has 0 aromatic heterocycles. The van der Waals surface area contributed by atoms with Gasteiger partial charge in [-0.1, -0.05) is 12.1 Å². The Morgan fingerprint density at radius 2 is 1.58 bits per heavy atom. The van der Waals surface area contributed by atoms with Gasteiger partial charge in [0, 0.05) is 0 Å². The van der Waals surface area contributed by atoms with Crippen LogP contribution in [0.2, 0.25) is 0 Å². The molecule has 0 fully saturated rings. The number of hydrogen-bond acceptors (Lipinski definition) is 2. The van der Waals surface area contributed by atoms with Crippen LogP contribution in [0.4, 0.5) is 13.2 Å². The average molecular weight is 276 g/mol. The van der Waals surface area contributed by atoms with Crippen LogP contribution in [0.25, 0.3) is 0 Å². The Balaban J connectivity index is 2.93. The summed E-state index contributed by atoms with van der Waals surface area (Å²) in [6.45, 7) is 0. The van der Waals surface area contributed by atoms with E-state index < -0.39 is 36.0 Å². The number of aryl methyl sites for hydroxylation is 1. The van der Waals surface area contributed by atoms with E-state index in [0.29, 0.717) is 5.56 Å². The first-order chi connectivity index (χ1) is 8.80. The number of benzene rings is 1. The fourth-order valence-corrected chi connectivity index (χ4v) is 1.59. The van der Waals surface area contributed by atoms with E-state index in [1.807, 2.05) is 0 Å². The van der Waals surface area contributed by atoms with Crippen LogP contribution in [0.3, 0.4) is 0 Å².